The van der Waals surface area contributed by atoms with Gasteiger partial charge in [0.2, 0.25) is 5.95 Å². The molecule has 0 amide bonds. The lowest BCUT2D eigenvalue weighted by molar-refractivity contribution is 0.0697. The van der Waals surface area contributed by atoms with Gasteiger partial charge in [0.05, 0.1) is 0 Å². The van der Waals surface area contributed by atoms with E-state index in [0.717, 1.165) is 13.1 Å². The summed E-state index contributed by atoms with van der Waals surface area (Å²) in [4.78, 5) is 28.0. The minimum atomic E-state index is -0.952. The van der Waals surface area contributed by atoms with Gasteiger partial charge in [-0.15, -0.1) is 0 Å². The molecule has 108 valence electrons. The molecule has 1 aliphatic rings. The summed E-state index contributed by atoms with van der Waals surface area (Å²) < 4.78 is 0. The highest BCUT2D eigenvalue weighted by molar-refractivity contribution is 5.93. The molecule has 1 saturated heterocycles. The summed E-state index contributed by atoms with van der Waals surface area (Å²) in [5, 5.41) is 9.23. The second-order valence-corrected chi connectivity index (χ2v) is 4.70. The topological polar surface area (TPSA) is 82.5 Å². The molecule has 0 radical (unpaired) electrons. The first-order chi connectivity index (χ1) is 10.3. The minimum absolute atomic E-state index is 0.238. The Hall–Kier alpha value is -2.70. The maximum Gasteiger partial charge on any atom is 0.339 e. The van der Waals surface area contributed by atoms with Gasteiger partial charge in [-0.1, -0.05) is 0 Å². The predicted octanol–water partition coefficient (Wildman–Crippen LogP) is 0.896. The Kier molecular flexibility index (Phi) is 3.63. The Morgan fingerprint density at radius 3 is 2.24 bits per heavy atom. The van der Waals surface area contributed by atoms with Crippen LogP contribution in [-0.4, -0.2) is 52.2 Å². The summed E-state index contributed by atoms with van der Waals surface area (Å²) >= 11 is 0. The normalized spacial score (nSPS) is 15.0. The van der Waals surface area contributed by atoms with E-state index >= 15 is 0 Å². The van der Waals surface area contributed by atoms with E-state index in [1.54, 1.807) is 36.8 Å². The van der Waals surface area contributed by atoms with Gasteiger partial charge in [-0.25, -0.2) is 19.7 Å². The standard InChI is InChI=1S/C14H15N5O2/c20-13(21)11-3-1-4-15-12(11)18-7-9-19(10-8-18)14-16-5-2-6-17-14/h1-6H,7-10H2,(H,20,21). The fourth-order valence-corrected chi connectivity index (χ4v) is 2.39. The molecule has 0 bridgehead atoms. The van der Waals surface area contributed by atoms with Crippen molar-refractivity contribution in [2.75, 3.05) is 36.0 Å². The van der Waals surface area contributed by atoms with Crippen LogP contribution >= 0.6 is 0 Å². The molecule has 2 aromatic heterocycles. The molecule has 0 unspecified atom stereocenters. The van der Waals surface area contributed by atoms with Gasteiger partial charge >= 0.3 is 5.97 Å². The lowest BCUT2D eigenvalue weighted by Gasteiger charge is -2.35. The zero-order chi connectivity index (χ0) is 14.7. The van der Waals surface area contributed by atoms with E-state index in [2.05, 4.69) is 19.9 Å². The van der Waals surface area contributed by atoms with Crippen molar-refractivity contribution in [2.24, 2.45) is 0 Å². The van der Waals surface area contributed by atoms with Crippen molar-refractivity contribution < 1.29 is 9.90 Å². The van der Waals surface area contributed by atoms with Gasteiger partial charge in [-0.05, 0) is 18.2 Å². The number of aromatic nitrogens is 3. The van der Waals surface area contributed by atoms with E-state index in [9.17, 15) is 9.90 Å². The first-order valence-corrected chi connectivity index (χ1v) is 6.71. The first-order valence-electron chi connectivity index (χ1n) is 6.71. The van der Waals surface area contributed by atoms with Crippen LogP contribution in [-0.2, 0) is 0 Å². The van der Waals surface area contributed by atoms with Gasteiger partial charge in [0.25, 0.3) is 0 Å². The Morgan fingerprint density at radius 2 is 1.57 bits per heavy atom. The number of carboxylic acids is 1. The fraction of sp³-hybridized carbons (Fsp3) is 0.286. The monoisotopic (exact) mass is 285 g/mol. The molecule has 3 rings (SSSR count). The third-order valence-corrected chi connectivity index (χ3v) is 3.43. The number of carboxylic acid groups (broad SMARTS) is 1. The molecule has 0 saturated carbocycles. The maximum absolute atomic E-state index is 11.3. The van der Waals surface area contributed by atoms with Gasteiger partial charge in [-0.3, -0.25) is 0 Å². The third-order valence-electron chi connectivity index (χ3n) is 3.43. The third kappa shape index (κ3) is 2.76. The molecule has 1 N–H and O–H groups in total. The molecule has 2 aromatic rings. The smallest absolute Gasteiger partial charge is 0.339 e. The Morgan fingerprint density at radius 1 is 0.952 bits per heavy atom. The SMILES string of the molecule is O=C(O)c1cccnc1N1CCN(c2ncccn2)CC1. The second kappa shape index (κ2) is 5.74. The van der Waals surface area contributed by atoms with E-state index in [1.165, 1.54) is 0 Å². The summed E-state index contributed by atoms with van der Waals surface area (Å²) in [6, 6.07) is 5.01. The van der Waals surface area contributed by atoms with Crippen LogP contribution in [0.3, 0.4) is 0 Å². The molecule has 0 aromatic carbocycles. The van der Waals surface area contributed by atoms with E-state index in [1.807, 2.05) is 4.90 Å². The van der Waals surface area contributed by atoms with Crippen molar-refractivity contribution in [3.8, 4) is 0 Å². The molecular weight excluding hydrogens is 270 g/mol. The Labute approximate surface area is 121 Å². The maximum atomic E-state index is 11.3. The number of anilines is 2. The number of hydrogen-bond donors (Lipinski definition) is 1. The summed E-state index contributed by atoms with van der Waals surface area (Å²) in [7, 11) is 0. The average Bonchev–Trinajstić information content (AvgIpc) is 2.56. The average molecular weight is 285 g/mol. The highest BCUT2D eigenvalue weighted by Crippen LogP contribution is 2.20. The van der Waals surface area contributed by atoms with Crippen molar-refractivity contribution in [2.45, 2.75) is 0 Å². The van der Waals surface area contributed by atoms with Crippen molar-refractivity contribution in [1.82, 2.24) is 15.0 Å². The van der Waals surface area contributed by atoms with E-state index in [-0.39, 0.29) is 5.56 Å². The lowest BCUT2D eigenvalue weighted by atomic mass is 10.2. The lowest BCUT2D eigenvalue weighted by Crippen LogP contribution is -2.47. The van der Waals surface area contributed by atoms with E-state index < -0.39 is 5.97 Å². The zero-order valence-electron chi connectivity index (χ0n) is 11.4. The van der Waals surface area contributed by atoms with Gasteiger partial charge in [0, 0.05) is 44.8 Å². The van der Waals surface area contributed by atoms with E-state index in [0.29, 0.717) is 24.9 Å². The van der Waals surface area contributed by atoms with Crippen LogP contribution in [0.1, 0.15) is 10.4 Å². The number of rotatable bonds is 3. The largest absolute Gasteiger partial charge is 0.478 e. The van der Waals surface area contributed by atoms with Gasteiger partial charge in [0.15, 0.2) is 0 Å². The number of nitrogens with zero attached hydrogens (tertiary/aromatic N) is 5. The summed E-state index contributed by atoms with van der Waals surface area (Å²) in [6.07, 6.45) is 5.06. The summed E-state index contributed by atoms with van der Waals surface area (Å²) in [5.41, 5.74) is 0.238. The van der Waals surface area contributed by atoms with Crippen LogP contribution in [0.4, 0.5) is 11.8 Å². The molecule has 1 fully saturated rings. The van der Waals surface area contributed by atoms with Crippen LogP contribution in [0.5, 0.6) is 0 Å². The number of pyridine rings is 1. The Bertz CT molecular complexity index is 626. The molecule has 1 aliphatic heterocycles. The number of aromatic carboxylic acids is 1. The predicted molar refractivity (Wildman–Crippen MR) is 77.7 cm³/mol. The molecule has 0 spiro atoms. The second-order valence-electron chi connectivity index (χ2n) is 4.70. The summed E-state index contributed by atoms with van der Waals surface area (Å²) in [5.74, 6) is 0.280. The fourth-order valence-electron chi connectivity index (χ4n) is 2.39. The molecule has 21 heavy (non-hydrogen) atoms. The van der Waals surface area contributed by atoms with Crippen LogP contribution in [0.25, 0.3) is 0 Å². The molecular formula is C14H15N5O2. The first kappa shape index (κ1) is 13.3. The molecule has 0 aliphatic carbocycles. The highest BCUT2D eigenvalue weighted by Gasteiger charge is 2.23. The number of carbonyl (C=O) groups is 1. The Balaban J connectivity index is 1.73. The zero-order valence-corrected chi connectivity index (χ0v) is 11.4. The number of piperazine rings is 1. The van der Waals surface area contributed by atoms with Crippen molar-refractivity contribution >= 4 is 17.7 Å². The highest BCUT2D eigenvalue weighted by atomic mass is 16.4. The minimum Gasteiger partial charge on any atom is -0.478 e. The van der Waals surface area contributed by atoms with Crippen molar-refractivity contribution in [3.63, 3.8) is 0 Å². The van der Waals surface area contributed by atoms with Crippen molar-refractivity contribution in [3.05, 3.63) is 42.4 Å². The van der Waals surface area contributed by atoms with Crippen LogP contribution in [0.15, 0.2) is 36.8 Å². The summed E-state index contributed by atoms with van der Waals surface area (Å²) in [6.45, 7) is 2.85. The van der Waals surface area contributed by atoms with Crippen molar-refractivity contribution in [1.29, 1.82) is 0 Å². The number of hydrogen-bond acceptors (Lipinski definition) is 6. The molecule has 7 heteroatoms. The van der Waals surface area contributed by atoms with Gasteiger partial charge in [0.1, 0.15) is 11.4 Å². The van der Waals surface area contributed by atoms with Crippen LogP contribution in [0.2, 0.25) is 0 Å². The quantitative estimate of drug-likeness (QED) is 0.897. The van der Waals surface area contributed by atoms with Gasteiger partial charge < -0.3 is 14.9 Å². The molecule has 0 atom stereocenters. The molecule has 7 nitrogen and oxygen atoms in total. The van der Waals surface area contributed by atoms with Crippen LogP contribution < -0.4 is 9.80 Å². The van der Waals surface area contributed by atoms with Crippen LogP contribution in [0, 0.1) is 0 Å². The van der Waals surface area contributed by atoms with Gasteiger partial charge in [-0.2, -0.15) is 0 Å². The molecule has 3 heterocycles. The van der Waals surface area contributed by atoms with E-state index in [4.69, 9.17) is 0 Å².